The van der Waals surface area contributed by atoms with Gasteiger partial charge in [0.15, 0.2) is 0 Å². The van der Waals surface area contributed by atoms with Crippen LogP contribution in [0.1, 0.15) is 57.8 Å². The Balaban J connectivity index is 1.62. The van der Waals surface area contributed by atoms with Crippen molar-refractivity contribution in [2.24, 2.45) is 5.92 Å². The van der Waals surface area contributed by atoms with Crippen molar-refractivity contribution >= 4 is 5.78 Å². The molecule has 1 N–H and O–H groups in total. The van der Waals surface area contributed by atoms with Gasteiger partial charge in [-0.3, -0.25) is 4.79 Å². The van der Waals surface area contributed by atoms with Crippen LogP contribution in [-0.2, 0) is 4.79 Å². The van der Waals surface area contributed by atoms with Crippen LogP contribution in [-0.4, -0.2) is 18.4 Å². The fraction of sp³-hybridized carbons (Fsp3) is 0.923. The Morgan fingerprint density at radius 3 is 2.33 bits per heavy atom. The minimum atomic E-state index is 0.476. The molecule has 0 heterocycles. The standard InChI is InChI=1S/C13H23NO/c15-13-8-6-11(7-9-13)10-14-12-4-2-1-3-5-12/h11-12,14H,1-10H2. The quantitative estimate of drug-likeness (QED) is 0.774. The van der Waals surface area contributed by atoms with E-state index in [4.69, 9.17) is 0 Å². The Morgan fingerprint density at radius 1 is 1.00 bits per heavy atom. The second-order valence-electron chi connectivity index (χ2n) is 5.23. The molecule has 0 aromatic heterocycles. The summed E-state index contributed by atoms with van der Waals surface area (Å²) in [6.45, 7) is 1.15. The number of hydrogen-bond acceptors (Lipinski definition) is 2. The maximum atomic E-state index is 11.1. The smallest absolute Gasteiger partial charge is 0.132 e. The molecule has 2 aliphatic rings. The van der Waals surface area contributed by atoms with Crippen LogP contribution in [0.5, 0.6) is 0 Å². The van der Waals surface area contributed by atoms with Crippen molar-refractivity contribution in [3.05, 3.63) is 0 Å². The molecule has 15 heavy (non-hydrogen) atoms. The van der Waals surface area contributed by atoms with Gasteiger partial charge in [0.2, 0.25) is 0 Å². The minimum absolute atomic E-state index is 0.476. The van der Waals surface area contributed by atoms with Gasteiger partial charge in [-0.25, -0.2) is 0 Å². The lowest BCUT2D eigenvalue weighted by Crippen LogP contribution is -2.36. The molecule has 0 saturated heterocycles. The van der Waals surface area contributed by atoms with Gasteiger partial charge < -0.3 is 5.32 Å². The van der Waals surface area contributed by atoms with Gasteiger partial charge >= 0.3 is 0 Å². The Kier molecular flexibility index (Phi) is 4.18. The van der Waals surface area contributed by atoms with Crippen LogP contribution in [0.25, 0.3) is 0 Å². The lowest BCUT2D eigenvalue weighted by atomic mass is 9.87. The normalized spacial score (nSPS) is 25.7. The maximum absolute atomic E-state index is 11.1. The van der Waals surface area contributed by atoms with E-state index in [2.05, 4.69) is 5.32 Å². The van der Waals surface area contributed by atoms with E-state index in [0.29, 0.717) is 5.78 Å². The zero-order chi connectivity index (χ0) is 10.5. The predicted octanol–water partition coefficient (Wildman–Crippen LogP) is 2.67. The van der Waals surface area contributed by atoms with Gasteiger partial charge in [0.1, 0.15) is 5.78 Å². The van der Waals surface area contributed by atoms with Crippen molar-refractivity contribution in [2.75, 3.05) is 6.54 Å². The van der Waals surface area contributed by atoms with Gasteiger partial charge in [0, 0.05) is 18.9 Å². The van der Waals surface area contributed by atoms with Crippen molar-refractivity contribution in [3.8, 4) is 0 Å². The average molecular weight is 209 g/mol. The van der Waals surface area contributed by atoms with E-state index in [1.807, 2.05) is 0 Å². The van der Waals surface area contributed by atoms with Crippen LogP contribution >= 0.6 is 0 Å². The summed E-state index contributed by atoms with van der Waals surface area (Å²) in [5, 5.41) is 3.69. The van der Waals surface area contributed by atoms with Crippen molar-refractivity contribution in [2.45, 2.75) is 63.8 Å². The third-order valence-electron chi connectivity index (χ3n) is 3.96. The molecular weight excluding hydrogens is 186 g/mol. The topological polar surface area (TPSA) is 29.1 Å². The van der Waals surface area contributed by atoms with Crippen LogP contribution in [0.4, 0.5) is 0 Å². The third-order valence-corrected chi connectivity index (χ3v) is 3.96. The molecule has 0 aromatic rings. The molecule has 2 saturated carbocycles. The summed E-state index contributed by atoms with van der Waals surface area (Å²) < 4.78 is 0. The zero-order valence-corrected chi connectivity index (χ0v) is 9.63. The first-order chi connectivity index (χ1) is 7.34. The summed E-state index contributed by atoms with van der Waals surface area (Å²) in [6.07, 6.45) is 10.9. The predicted molar refractivity (Wildman–Crippen MR) is 61.8 cm³/mol. The van der Waals surface area contributed by atoms with Crippen molar-refractivity contribution in [3.63, 3.8) is 0 Å². The molecule has 0 aliphatic heterocycles. The molecule has 2 nitrogen and oxygen atoms in total. The fourth-order valence-corrected chi connectivity index (χ4v) is 2.84. The second kappa shape index (κ2) is 5.64. The molecule has 0 radical (unpaired) electrons. The van der Waals surface area contributed by atoms with E-state index in [1.54, 1.807) is 0 Å². The van der Waals surface area contributed by atoms with Crippen LogP contribution in [0.15, 0.2) is 0 Å². The van der Waals surface area contributed by atoms with E-state index in [9.17, 15) is 4.79 Å². The SMILES string of the molecule is O=C1CCC(CNC2CCCCC2)CC1. The molecule has 0 atom stereocenters. The summed E-state index contributed by atoms with van der Waals surface area (Å²) >= 11 is 0. The molecule has 2 rings (SSSR count). The van der Waals surface area contributed by atoms with Crippen LogP contribution in [0.3, 0.4) is 0 Å². The number of hydrogen-bond donors (Lipinski definition) is 1. The summed E-state index contributed by atoms with van der Waals surface area (Å²) in [7, 11) is 0. The largest absolute Gasteiger partial charge is 0.314 e. The number of carbonyl (C=O) groups excluding carboxylic acids is 1. The van der Waals surface area contributed by atoms with Gasteiger partial charge in [0.05, 0.1) is 0 Å². The highest BCUT2D eigenvalue weighted by Gasteiger charge is 2.20. The maximum Gasteiger partial charge on any atom is 0.132 e. The second-order valence-corrected chi connectivity index (χ2v) is 5.23. The Morgan fingerprint density at radius 2 is 1.67 bits per heavy atom. The molecule has 86 valence electrons. The summed E-state index contributed by atoms with van der Waals surface area (Å²) in [5.41, 5.74) is 0. The number of Topliss-reactive ketones (excluding diaryl/α,β-unsaturated/α-hetero) is 1. The van der Waals surface area contributed by atoms with E-state index < -0.39 is 0 Å². The van der Waals surface area contributed by atoms with Crippen LogP contribution < -0.4 is 5.32 Å². The van der Waals surface area contributed by atoms with Crippen molar-refractivity contribution < 1.29 is 4.79 Å². The molecule has 0 aromatic carbocycles. The highest BCUT2D eigenvalue weighted by atomic mass is 16.1. The van der Waals surface area contributed by atoms with E-state index in [0.717, 1.165) is 44.2 Å². The summed E-state index contributed by atoms with van der Waals surface area (Å²) in [4.78, 5) is 11.1. The average Bonchev–Trinajstić information content (AvgIpc) is 2.30. The van der Waals surface area contributed by atoms with Gasteiger partial charge in [-0.2, -0.15) is 0 Å². The van der Waals surface area contributed by atoms with Gasteiger partial charge in [-0.05, 0) is 38.1 Å². The molecule has 0 unspecified atom stereocenters. The molecule has 2 fully saturated rings. The molecular formula is C13H23NO. The van der Waals surface area contributed by atoms with Crippen LogP contribution in [0.2, 0.25) is 0 Å². The van der Waals surface area contributed by atoms with E-state index >= 15 is 0 Å². The highest BCUT2D eigenvalue weighted by molar-refractivity contribution is 5.79. The lowest BCUT2D eigenvalue weighted by Gasteiger charge is -2.27. The number of nitrogens with one attached hydrogen (secondary N) is 1. The summed E-state index contributed by atoms with van der Waals surface area (Å²) in [5.74, 6) is 1.24. The zero-order valence-electron chi connectivity index (χ0n) is 9.63. The Hall–Kier alpha value is -0.370. The number of rotatable bonds is 3. The minimum Gasteiger partial charge on any atom is -0.314 e. The van der Waals surface area contributed by atoms with Crippen molar-refractivity contribution in [1.29, 1.82) is 0 Å². The van der Waals surface area contributed by atoms with Gasteiger partial charge in [-0.15, -0.1) is 0 Å². The fourth-order valence-electron chi connectivity index (χ4n) is 2.84. The monoisotopic (exact) mass is 209 g/mol. The van der Waals surface area contributed by atoms with Crippen molar-refractivity contribution in [1.82, 2.24) is 5.32 Å². The van der Waals surface area contributed by atoms with E-state index in [-0.39, 0.29) is 0 Å². The number of carbonyl (C=O) groups is 1. The first-order valence-electron chi connectivity index (χ1n) is 6.59. The first-order valence-corrected chi connectivity index (χ1v) is 6.59. The van der Waals surface area contributed by atoms with Crippen LogP contribution in [0, 0.1) is 5.92 Å². The van der Waals surface area contributed by atoms with E-state index in [1.165, 1.54) is 32.1 Å². The number of ketones is 1. The Bertz CT molecular complexity index is 199. The Labute approximate surface area is 92.8 Å². The first kappa shape index (κ1) is 11.1. The molecule has 0 spiro atoms. The molecule has 0 bridgehead atoms. The lowest BCUT2D eigenvalue weighted by molar-refractivity contribution is -0.120. The third kappa shape index (κ3) is 3.60. The highest BCUT2D eigenvalue weighted by Crippen LogP contribution is 2.22. The summed E-state index contributed by atoms with van der Waals surface area (Å²) in [6, 6.07) is 0.774. The van der Waals surface area contributed by atoms with Gasteiger partial charge in [0.25, 0.3) is 0 Å². The van der Waals surface area contributed by atoms with Gasteiger partial charge in [-0.1, -0.05) is 19.3 Å². The molecule has 0 amide bonds. The molecule has 2 aliphatic carbocycles. The molecule has 2 heteroatoms.